The number of hydrogen-bond donors (Lipinski definition) is 1. The quantitative estimate of drug-likeness (QED) is 0.799. The van der Waals surface area contributed by atoms with E-state index in [-0.39, 0.29) is 0 Å². The summed E-state index contributed by atoms with van der Waals surface area (Å²) in [5.41, 5.74) is 1.33. The fourth-order valence-electron chi connectivity index (χ4n) is 1.94. The molecule has 1 heterocycles. The van der Waals surface area contributed by atoms with Crippen molar-refractivity contribution in [2.45, 2.75) is 38.6 Å². The van der Waals surface area contributed by atoms with Crippen LogP contribution in [-0.2, 0) is 7.05 Å². The van der Waals surface area contributed by atoms with E-state index in [2.05, 4.69) is 30.3 Å². The van der Waals surface area contributed by atoms with Crippen molar-refractivity contribution in [3.8, 4) is 0 Å². The van der Waals surface area contributed by atoms with Crippen molar-refractivity contribution in [3.05, 3.63) is 18.0 Å². The maximum absolute atomic E-state index is 4.22. The largest absolute Gasteiger partial charge is 0.314 e. The van der Waals surface area contributed by atoms with Gasteiger partial charge in [0.2, 0.25) is 0 Å². The highest BCUT2D eigenvalue weighted by Gasteiger charge is 2.23. The van der Waals surface area contributed by atoms with Crippen LogP contribution in [0.4, 0.5) is 0 Å². The average Bonchev–Trinajstić information content (AvgIpc) is 2.96. The lowest BCUT2D eigenvalue weighted by atomic mass is 9.92. The van der Waals surface area contributed by atoms with Gasteiger partial charge in [-0.15, -0.1) is 0 Å². The van der Waals surface area contributed by atoms with Crippen LogP contribution >= 0.6 is 0 Å². The molecule has 2 atom stereocenters. The Hall–Kier alpha value is -0.830. The van der Waals surface area contributed by atoms with E-state index in [1.54, 1.807) is 0 Å². The van der Waals surface area contributed by atoms with Crippen molar-refractivity contribution >= 4 is 0 Å². The van der Waals surface area contributed by atoms with Crippen LogP contribution in [0.3, 0.4) is 0 Å². The first kappa shape index (κ1) is 10.7. The van der Waals surface area contributed by atoms with Crippen LogP contribution in [0.2, 0.25) is 0 Å². The normalized spacial score (nSPS) is 20.2. The number of rotatable bonds is 5. The first-order valence-corrected chi connectivity index (χ1v) is 5.89. The van der Waals surface area contributed by atoms with Gasteiger partial charge in [-0.1, -0.05) is 13.8 Å². The van der Waals surface area contributed by atoms with Crippen LogP contribution < -0.4 is 5.32 Å². The maximum Gasteiger partial charge on any atom is 0.0492 e. The summed E-state index contributed by atoms with van der Waals surface area (Å²) >= 11 is 0. The highest BCUT2D eigenvalue weighted by atomic mass is 15.3. The predicted octanol–water partition coefficient (Wildman–Crippen LogP) is 1.91. The van der Waals surface area contributed by atoms with Gasteiger partial charge in [-0.25, -0.2) is 0 Å². The van der Waals surface area contributed by atoms with Gasteiger partial charge in [0.25, 0.3) is 0 Å². The second kappa shape index (κ2) is 4.35. The van der Waals surface area contributed by atoms with Crippen molar-refractivity contribution in [1.82, 2.24) is 15.1 Å². The van der Waals surface area contributed by atoms with Gasteiger partial charge in [-0.3, -0.25) is 4.68 Å². The Morgan fingerprint density at radius 1 is 1.53 bits per heavy atom. The van der Waals surface area contributed by atoms with Gasteiger partial charge in [0, 0.05) is 30.9 Å². The standard InChI is InChI=1S/C12H21N3/c1-9(8-13-11-4-5-11)10(2)12-6-7-14-15(12)3/h6-7,9-11,13H,4-5,8H2,1-3H3. The summed E-state index contributed by atoms with van der Waals surface area (Å²) in [5, 5.41) is 7.81. The zero-order valence-electron chi connectivity index (χ0n) is 9.90. The van der Waals surface area contributed by atoms with E-state index in [0.717, 1.165) is 12.6 Å². The van der Waals surface area contributed by atoms with Crippen LogP contribution in [0.1, 0.15) is 38.3 Å². The Morgan fingerprint density at radius 2 is 2.27 bits per heavy atom. The monoisotopic (exact) mass is 207 g/mol. The molecule has 1 saturated carbocycles. The van der Waals surface area contributed by atoms with E-state index < -0.39 is 0 Å². The van der Waals surface area contributed by atoms with Crippen LogP contribution in [0, 0.1) is 5.92 Å². The lowest BCUT2D eigenvalue weighted by Gasteiger charge is -2.20. The van der Waals surface area contributed by atoms with E-state index in [4.69, 9.17) is 0 Å². The minimum Gasteiger partial charge on any atom is -0.314 e. The van der Waals surface area contributed by atoms with Gasteiger partial charge in [-0.05, 0) is 31.4 Å². The lowest BCUT2D eigenvalue weighted by Crippen LogP contribution is -2.26. The molecule has 0 radical (unpaired) electrons. The molecule has 0 aromatic carbocycles. The summed E-state index contributed by atoms with van der Waals surface area (Å²) in [7, 11) is 2.02. The predicted molar refractivity (Wildman–Crippen MR) is 61.8 cm³/mol. The molecule has 3 nitrogen and oxygen atoms in total. The fourth-order valence-corrected chi connectivity index (χ4v) is 1.94. The molecule has 0 bridgehead atoms. The second-order valence-electron chi connectivity index (χ2n) is 4.83. The minimum absolute atomic E-state index is 0.573. The number of nitrogens with one attached hydrogen (secondary N) is 1. The molecule has 2 unspecified atom stereocenters. The molecule has 3 heteroatoms. The average molecular weight is 207 g/mol. The van der Waals surface area contributed by atoms with Gasteiger partial charge in [0.15, 0.2) is 0 Å². The van der Waals surface area contributed by atoms with Gasteiger partial charge in [-0.2, -0.15) is 5.10 Å². The molecule has 0 spiro atoms. The molecule has 1 N–H and O–H groups in total. The number of hydrogen-bond acceptors (Lipinski definition) is 2. The zero-order chi connectivity index (χ0) is 10.8. The minimum atomic E-state index is 0.573. The maximum atomic E-state index is 4.22. The third-order valence-corrected chi connectivity index (χ3v) is 3.48. The van der Waals surface area contributed by atoms with Crippen LogP contribution in [-0.4, -0.2) is 22.4 Å². The molecule has 1 aromatic heterocycles. The summed E-state index contributed by atoms with van der Waals surface area (Å²) in [6, 6.07) is 2.93. The molecular weight excluding hydrogens is 186 g/mol. The first-order valence-electron chi connectivity index (χ1n) is 5.89. The third-order valence-electron chi connectivity index (χ3n) is 3.48. The van der Waals surface area contributed by atoms with Gasteiger partial charge in [0.05, 0.1) is 0 Å². The first-order chi connectivity index (χ1) is 7.18. The Bertz CT molecular complexity index is 314. The van der Waals surface area contributed by atoms with Crippen molar-refractivity contribution in [2.75, 3.05) is 6.54 Å². The summed E-state index contributed by atoms with van der Waals surface area (Å²) < 4.78 is 1.98. The highest BCUT2D eigenvalue weighted by molar-refractivity contribution is 5.07. The van der Waals surface area contributed by atoms with E-state index in [1.165, 1.54) is 18.5 Å². The molecule has 2 rings (SSSR count). The van der Waals surface area contributed by atoms with Crippen LogP contribution in [0.15, 0.2) is 12.3 Å². The van der Waals surface area contributed by atoms with Crippen molar-refractivity contribution in [1.29, 1.82) is 0 Å². The van der Waals surface area contributed by atoms with Crippen molar-refractivity contribution in [3.63, 3.8) is 0 Å². The second-order valence-corrected chi connectivity index (χ2v) is 4.83. The molecule has 1 aromatic rings. The molecule has 0 saturated heterocycles. The zero-order valence-corrected chi connectivity index (χ0v) is 9.90. The molecule has 0 aliphatic heterocycles. The molecule has 1 fully saturated rings. The van der Waals surface area contributed by atoms with Gasteiger partial charge < -0.3 is 5.32 Å². The van der Waals surface area contributed by atoms with E-state index in [0.29, 0.717) is 11.8 Å². The molecule has 15 heavy (non-hydrogen) atoms. The third kappa shape index (κ3) is 2.59. The number of aromatic nitrogens is 2. The Balaban J connectivity index is 1.88. The molecule has 1 aliphatic carbocycles. The van der Waals surface area contributed by atoms with Gasteiger partial charge in [0.1, 0.15) is 0 Å². The molecule has 1 aliphatic rings. The fraction of sp³-hybridized carbons (Fsp3) is 0.750. The highest BCUT2D eigenvalue weighted by Crippen LogP contribution is 2.24. The number of nitrogens with zero attached hydrogens (tertiary/aromatic N) is 2. The van der Waals surface area contributed by atoms with E-state index in [1.807, 2.05) is 17.9 Å². The molecular formula is C12H21N3. The van der Waals surface area contributed by atoms with Crippen molar-refractivity contribution in [2.24, 2.45) is 13.0 Å². The Kier molecular flexibility index (Phi) is 3.10. The Morgan fingerprint density at radius 3 is 2.80 bits per heavy atom. The van der Waals surface area contributed by atoms with Crippen LogP contribution in [0.5, 0.6) is 0 Å². The smallest absolute Gasteiger partial charge is 0.0492 e. The number of aryl methyl sites for hydroxylation is 1. The summed E-state index contributed by atoms with van der Waals surface area (Å²) in [5.74, 6) is 1.24. The summed E-state index contributed by atoms with van der Waals surface area (Å²) in [6.07, 6.45) is 4.62. The van der Waals surface area contributed by atoms with Crippen LogP contribution in [0.25, 0.3) is 0 Å². The van der Waals surface area contributed by atoms with E-state index in [9.17, 15) is 0 Å². The molecule has 0 amide bonds. The Labute approximate surface area is 91.9 Å². The van der Waals surface area contributed by atoms with Gasteiger partial charge >= 0.3 is 0 Å². The summed E-state index contributed by atoms with van der Waals surface area (Å²) in [6.45, 7) is 5.72. The van der Waals surface area contributed by atoms with E-state index >= 15 is 0 Å². The molecule has 84 valence electrons. The topological polar surface area (TPSA) is 29.9 Å². The summed E-state index contributed by atoms with van der Waals surface area (Å²) in [4.78, 5) is 0. The SMILES string of the molecule is CC(CNC1CC1)C(C)c1ccnn1C. The van der Waals surface area contributed by atoms with Crippen molar-refractivity contribution < 1.29 is 0 Å². The lowest BCUT2D eigenvalue weighted by molar-refractivity contribution is 0.428.